The van der Waals surface area contributed by atoms with Crippen LogP contribution in [0.15, 0.2) is 18.2 Å². The third-order valence-electron chi connectivity index (χ3n) is 1.89. The summed E-state index contributed by atoms with van der Waals surface area (Å²) in [4.78, 5) is 0. The van der Waals surface area contributed by atoms with Gasteiger partial charge in [0.2, 0.25) is 0 Å². The highest BCUT2D eigenvalue weighted by Crippen LogP contribution is 2.12. The van der Waals surface area contributed by atoms with Gasteiger partial charge < -0.3 is 10.2 Å². The van der Waals surface area contributed by atoms with E-state index in [-0.39, 0.29) is 13.2 Å². The van der Waals surface area contributed by atoms with Gasteiger partial charge >= 0.3 is 0 Å². The van der Waals surface area contributed by atoms with E-state index in [0.717, 1.165) is 5.56 Å². The normalized spacial score (nSPS) is 9.62. The van der Waals surface area contributed by atoms with Crippen molar-refractivity contribution in [1.29, 1.82) is 5.26 Å². The van der Waals surface area contributed by atoms with Crippen molar-refractivity contribution in [2.24, 2.45) is 0 Å². The van der Waals surface area contributed by atoms with Crippen LogP contribution < -0.4 is 0 Å². The Hall–Kier alpha value is -1.37. The van der Waals surface area contributed by atoms with E-state index in [4.69, 9.17) is 15.5 Å². The molecule has 0 radical (unpaired) electrons. The molecule has 0 unspecified atom stereocenters. The van der Waals surface area contributed by atoms with Crippen LogP contribution in [0.2, 0.25) is 0 Å². The van der Waals surface area contributed by atoms with Gasteiger partial charge in [-0.15, -0.1) is 0 Å². The van der Waals surface area contributed by atoms with Crippen LogP contribution in [0.5, 0.6) is 0 Å². The maximum Gasteiger partial charge on any atom is 0.0991 e. The number of hydrogen-bond acceptors (Lipinski definition) is 3. The predicted molar refractivity (Wildman–Crippen MR) is 47.9 cm³/mol. The zero-order valence-corrected chi connectivity index (χ0v) is 7.20. The molecule has 0 atom stereocenters. The van der Waals surface area contributed by atoms with Crippen LogP contribution in [0.25, 0.3) is 0 Å². The molecule has 0 aliphatic heterocycles. The van der Waals surface area contributed by atoms with Crippen LogP contribution in [0, 0.1) is 11.3 Å². The summed E-state index contributed by atoms with van der Waals surface area (Å²) in [5.74, 6) is 0. The van der Waals surface area contributed by atoms with Crippen LogP contribution in [0.3, 0.4) is 0 Å². The second-order valence-corrected chi connectivity index (χ2v) is 2.73. The SMILES string of the molecule is N#Cc1ccc(CCO)c(CO)c1. The maximum atomic E-state index is 8.97. The molecule has 0 amide bonds. The first-order chi connectivity index (χ1) is 6.31. The summed E-state index contributed by atoms with van der Waals surface area (Å²) in [6.07, 6.45) is 0.515. The Morgan fingerprint density at radius 1 is 1.23 bits per heavy atom. The Bertz CT molecular complexity index is 328. The predicted octanol–water partition coefficient (Wildman–Crippen LogP) is 0.585. The van der Waals surface area contributed by atoms with Gasteiger partial charge in [0.25, 0.3) is 0 Å². The molecule has 2 N–H and O–H groups in total. The highest BCUT2D eigenvalue weighted by atomic mass is 16.3. The average Bonchev–Trinajstić information content (AvgIpc) is 2.19. The molecule has 13 heavy (non-hydrogen) atoms. The second kappa shape index (κ2) is 4.61. The molecule has 0 aliphatic carbocycles. The molecule has 1 aromatic rings. The molecule has 0 bridgehead atoms. The molecule has 1 aromatic carbocycles. The van der Waals surface area contributed by atoms with E-state index in [1.807, 2.05) is 6.07 Å². The van der Waals surface area contributed by atoms with Gasteiger partial charge in [-0.3, -0.25) is 0 Å². The second-order valence-electron chi connectivity index (χ2n) is 2.73. The first-order valence-corrected chi connectivity index (χ1v) is 4.05. The minimum Gasteiger partial charge on any atom is -0.396 e. The largest absolute Gasteiger partial charge is 0.396 e. The third kappa shape index (κ3) is 2.28. The van der Waals surface area contributed by atoms with Crippen molar-refractivity contribution in [2.45, 2.75) is 13.0 Å². The average molecular weight is 177 g/mol. The zero-order valence-electron chi connectivity index (χ0n) is 7.20. The van der Waals surface area contributed by atoms with Crippen LogP contribution in [0.4, 0.5) is 0 Å². The molecule has 68 valence electrons. The van der Waals surface area contributed by atoms with Crippen molar-refractivity contribution in [3.8, 4) is 6.07 Å². The van der Waals surface area contributed by atoms with E-state index in [2.05, 4.69) is 0 Å². The molecule has 3 heteroatoms. The van der Waals surface area contributed by atoms with Gasteiger partial charge in [0.05, 0.1) is 18.2 Å². The lowest BCUT2D eigenvalue weighted by Crippen LogP contribution is -1.98. The fourth-order valence-electron chi connectivity index (χ4n) is 1.21. The Labute approximate surface area is 76.9 Å². The van der Waals surface area contributed by atoms with Crippen molar-refractivity contribution < 1.29 is 10.2 Å². The molecule has 0 spiro atoms. The first-order valence-electron chi connectivity index (χ1n) is 4.05. The Balaban J connectivity index is 3.02. The van der Waals surface area contributed by atoms with Crippen molar-refractivity contribution in [3.05, 3.63) is 34.9 Å². The van der Waals surface area contributed by atoms with E-state index in [9.17, 15) is 0 Å². The van der Waals surface area contributed by atoms with Crippen LogP contribution >= 0.6 is 0 Å². The third-order valence-corrected chi connectivity index (χ3v) is 1.89. The number of hydrogen-bond donors (Lipinski definition) is 2. The van der Waals surface area contributed by atoms with Gasteiger partial charge in [-0.25, -0.2) is 0 Å². The number of aliphatic hydroxyl groups excluding tert-OH is 2. The molecule has 1 rings (SSSR count). The van der Waals surface area contributed by atoms with Crippen molar-refractivity contribution in [1.82, 2.24) is 0 Å². The van der Waals surface area contributed by atoms with E-state index in [0.29, 0.717) is 17.5 Å². The Morgan fingerprint density at radius 3 is 2.54 bits per heavy atom. The van der Waals surface area contributed by atoms with Gasteiger partial charge in [0, 0.05) is 6.61 Å². The number of nitriles is 1. The van der Waals surface area contributed by atoms with Crippen LogP contribution in [-0.4, -0.2) is 16.8 Å². The molecule has 0 aromatic heterocycles. The van der Waals surface area contributed by atoms with E-state index in [1.54, 1.807) is 18.2 Å². The number of benzene rings is 1. The van der Waals surface area contributed by atoms with E-state index >= 15 is 0 Å². The number of aliphatic hydroxyl groups is 2. The van der Waals surface area contributed by atoms with E-state index in [1.165, 1.54) is 0 Å². The number of nitrogens with zero attached hydrogens (tertiary/aromatic N) is 1. The number of rotatable bonds is 3. The van der Waals surface area contributed by atoms with Gasteiger partial charge in [-0.2, -0.15) is 5.26 Å². The van der Waals surface area contributed by atoms with Gasteiger partial charge in [-0.05, 0) is 29.7 Å². The molecule has 0 fully saturated rings. The summed E-state index contributed by atoms with van der Waals surface area (Å²) in [7, 11) is 0. The van der Waals surface area contributed by atoms with Crippen molar-refractivity contribution >= 4 is 0 Å². The van der Waals surface area contributed by atoms with Crippen LogP contribution in [-0.2, 0) is 13.0 Å². The lowest BCUT2D eigenvalue weighted by atomic mass is 10.0. The standard InChI is InChI=1S/C10H11NO2/c11-6-8-1-2-9(3-4-12)10(5-8)7-13/h1-2,5,12-13H,3-4,7H2. The molecule has 0 saturated carbocycles. The lowest BCUT2D eigenvalue weighted by Gasteiger charge is -2.05. The summed E-state index contributed by atoms with van der Waals surface area (Å²) >= 11 is 0. The van der Waals surface area contributed by atoms with Crippen molar-refractivity contribution in [3.63, 3.8) is 0 Å². The highest BCUT2D eigenvalue weighted by molar-refractivity contribution is 5.37. The van der Waals surface area contributed by atoms with E-state index < -0.39 is 0 Å². The fourth-order valence-corrected chi connectivity index (χ4v) is 1.21. The summed E-state index contributed by atoms with van der Waals surface area (Å²) in [6.45, 7) is -0.0379. The van der Waals surface area contributed by atoms with Gasteiger partial charge in [0.1, 0.15) is 0 Å². The molecule has 0 saturated heterocycles. The van der Waals surface area contributed by atoms with Crippen LogP contribution in [0.1, 0.15) is 16.7 Å². The molecular weight excluding hydrogens is 166 g/mol. The van der Waals surface area contributed by atoms with Gasteiger partial charge in [0.15, 0.2) is 0 Å². The minimum atomic E-state index is -0.0924. The monoisotopic (exact) mass is 177 g/mol. The zero-order chi connectivity index (χ0) is 9.68. The molecule has 0 aliphatic rings. The fraction of sp³-hybridized carbons (Fsp3) is 0.300. The molecular formula is C10H11NO2. The topological polar surface area (TPSA) is 64.2 Å². The smallest absolute Gasteiger partial charge is 0.0991 e. The molecule has 0 heterocycles. The first kappa shape index (κ1) is 9.72. The highest BCUT2D eigenvalue weighted by Gasteiger charge is 2.01. The summed E-state index contributed by atoms with van der Waals surface area (Å²) < 4.78 is 0. The molecule has 3 nitrogen and oxygen atoms in total. The lowest BCUT2D eigenvalue weighted by molar-refractivity contribution is 0.276. The maximum absolute atomic E-state index is 8.97. The summed E-state index contributed by atoms with van der Waals surface area (Å²) in [6, 6.07) is 7.09. The van der Waals surface area contributed by atoms with Gasteiger partial charge in [-0.1, -0.05) is 6.07 Å². The minimum absolute atomic E-state index is 0.0545. The Kier molecular flexibility index (Phi) is 3.44. The summed E-state index contributed by atoms with van der Waals surface area (Å²) in [5, 5.41) is 26.3. The summed E-state index contributed by atoms with van der Waals surface area (Å²) in [5.41, 5.74) is 2.14. The Morgan fingerprint density at radius 2 is 2.00 bits per heavy atom. The van der Waals surface area contributed by atoms with Crippen molar-refractivity contribution in [2.75, 3.05) is 6.61 Å². The quantitative estimate of drug-likeness (QED) is 0.710.